The van der Waals surface area contributed by atoms with Crippen molar-refractivity contribution in [1.82, 2.24) is 20.4 Å². The molecule has 5 nitrogen and oxygen atoms in total. The molecule has 1 aromatic rings. The highest BCUT2D eigenvalue weighted by molar-refractivity contribution is 5.92. The molecule has 1 heterocycles. The zero-order valence-corrected chi connectivity index (χ0v) is 11.7. The predicted octanol–water partition coefficient (Wildman–Crippen LogP) is 1.46. The molecule has 1 aliphatic rings. The molecule has 1 amide bonds. The van der Waals surface area contributed by atoms with E-state index in [1.165, 1.54) is 38.5 Å². The Morgan fingerprint density at radius 2 is 2.05 bits per heavy atom. The van der Waals surface area contributed by atoms with Gasteiger partial charge in [0.25, 0.3) is 5.91 Å². The second-order valence-electron chi connectivity index (χ2n) is 5.27. The Bertz CT molecular complexity index is 394. The van der Waals surface area contributed by atoms with Crippen molar-refractivity contribution in [3.05, 3.63) is 18.0 Å². The molecule has 0 atom stereocenters. The van der Waals surface area contributed by atoms with E-state index in [0.717, 1.165) is 6.54 Å². The molecule has 1 fully saturated rings. The lowest BCUT2D eigenvalue weighted by Crippen LogP contribution is -2.37. The monoisotopic (exact) mass is 264 g/mol. The fourth-order valence-corrected chi connectivity index (χ4v) is 2.56. The summed E-state index contributed by atoms with van der Waals surface area (Å²) in [5, 5.41) is 10.5. The third-order valence-electron chi connectivity index (χ3n) is 3.64. The molecule has 0 unspecified atom stereocenters. The van der Waals surface area contributed by atoms with Crippen LogP contribution in [0.2, 0.25) is 0 Å². The standard InChI is InChI=1S/C14H24N4O/c1-18-11-8-13(17-18)14(19)16-10-9-15-12-6-4-2-3-5-7-12/h8,11-12,15H,2-7,9-10H2,1H3,(H,16,19). The Morgan fingerprint density at radius 3 is 2.68 bits per heavy atom. The maximum Gasteiger partial charge on any atom is 0.271 e. The summed E-state index contributed by atoms with van der Waals surface area (Å²) in [4.78, 5) is 11.7. The molecular formula is C14H24N4O. The van der Waals surface area contributed by atoms with Crippen molar-refractivity contribution in [3.8, 4) is 0 Å². The fraction of sp³-hybridized carbons (Fsp3) is 0.714. The van der Waals surface area contributed by atoms with Gasteiger partial charge in [-0.1, -0.05) is 25.7 Å². The second kappa shape index (κ2) is 7.28. The summed E-state index contributed by atoms with van der Waals surface area (Å²) in [5.41, 5.74) is 0.483. The Kier molecular flexibility index (Phi) is 5.39. The van der Waals surface area contributed by atoms with Crippen LogP contribution in [0.15, 0.2) is 12.3 Å². The van der Waals surface area contributed by atoms with Crippen LogP contribution in [0, 0.1) is 0 Å². The number of aromatic nitrogens is 2. The third-order valence-corrected chi connectivity index (χ3v) is 3.64. The van der Waals surface area contributed by atoms with E-state index in [1.807, 2.05) is 7.05 Å². The minimum atomic E-state index is -0.0942. The van der Waals surface area contributed by atoms with Crippen LogP contribution >= 0.6 is 0 Å². The number of carbonyl (C=O) groups excluding carboxylic acids is 1. The molecule has 0 radical (unpaired) electrons. The Labute approximate surface area is 114 Å². The molecule has 2 N–H and O–H groups in total. The molecule has 0 aromatic carbocycles. The van der Waals surface area contributed by atoms with Gasteiger partial charge in [-0.25, -0.2) is 0 Å². The predicted molar refractivity (Wildman–Crippen MR) is 75.0 cm³/mol. The summed E-state index contributed by atoms with van der Waals surface area (Å²) < 4.78 is 1.64. The smallest absolute Gasteiger partial charge is 0.271 e. The molecule has 0 spiro atoms. The topological polar surface area (TPSA) is 59.0 Å². The maximum absolute atomic E-state index is 11.7. The number of nitrogens with zero attached hydrogens (tertiary/aromatic N) is 2. The van der Waals surface area contributed by atoms with E-state index in [-0.39, 0.29) is 5.91 Å². The SMILES string of the molecule is Cn1ccc(C(=O)NCCNC2CCCCCC2)n1. The van der Waals surface area contributed by atoms with E-state index in [9.17, 15) is 4.79 Å². The summed E-state index contributed by atoms with van der Waals surface area (Å²) in [6.07, 6.45) is 9.72. The van der Waals surface area contributed by atoms with Gasteiger partial charge in [0.15, 0.2) is 0 Å². The van der Waals surface area contributed by atoms with Gasteiger partial charge in [0, 0.05) is 32.4 Å². The molecule has 0 bridgehead atoms. The molecule has 106 valence electrons. The summed E-state index contributed by atoms with van der Waals surface area (Å²) in [6.45, 7) is 1.50. The first-order valence-corrected chi connectivity index (χ1v) is 7.27. The first-order valence-electron chi connectivity index (χ1n) is 7.27. The highest BCUT2D eigenvalue weighted by Gasteiger charge is 2.11. The normalized spacial score (nSPS) is 17.1. The summed E-state index contributed by atoms with van der Waals surface area (Å²) in [7, 11) is 1.81. The number of amides is 1. The summed E-state index contributed by atoms with van der Waals surface area (Å²) in [5.74, 6) is -0.0942. The van der Waals surface area contributed by atoms with Crippen LogP contribution < -0.4 is 10.6 Å². The number of hydrogen-bond acceptors (Lipinski definition) is 3. The second-order valence-corrected chi connectivity index (χ2v) is 5.27. The largest absolute Gasteiger partial charge is 0.349 e. The fourth-order valence-electron chi connectivity index (χ4n) is 2.56. The van der Waals surface area contributed by atoms with Crippen LogP contribution in [-0.2, 0) is 7.05 Å². The minimum absolute atomic E-state index is 0.0942. The quantitative estimate of drug-likeness (QED) is 0.625. The van der Waals surface area contributed by atoms with Crippen LogP contribution in [-0.4, -0.2) is 34.8 Å². The minimum Gasteiger partial charge on any atom is -0.349 e. The Morgan fingerprint density at radius 1 is 1.32 bits per heavy atom. The number of nitrogens with one attached hydrogen (secondary N) is 2. The van der Waals surface area contributed by atoms with Crippen LogP contribution in [0.4, 0.5) is 0 Å². The zero-order valence-electron chi connectivity index (χ0n) is 11.7. The third kappa shape index (κ3) is 4.67. The number of carbonyl (C=O) groups is 1. The number of rotatable bonds is 5. The molecule has 19 heavy (non-hydrogen) atoms. The Balaban J connectivity index is 1.62. The van der Waals surface area contributed by atoms with Gasteiger partial charge >= 0.3 is 0 Å². The van der Waals surface area contributed by atoms with Gasteiger partial charge < -0.3 is 10.6 Å². The van der Waals surface area contributed by atoms with Gasteiger partial charge in [-0.3, -0.25) is 9.48 Å². The number of hydrogen-bond donors (Lipinski definition) is 2. The van der Waals surface area contributed by atoms with Gasteiger partial charge in [0.05, 0.1) is 0 Å². The van der Waals surface area contributed by atoms with Crippen molar-refractivity contribution < 1.29 is 4.79 Å². The number of aryl methyl sites for hydroxylation is 1. The van der Waals surface area contributed by atoms with Gasteiger partial charge in [-0.05, 0) is 18.9 Å². The van der Waals surface area contributed by atoms with E-state index in [4.69, 9.17) is 0 Å². The highest BCUT2D eigenvalue weighted by Crippen LogP contribution is 2.16. The van der Waals surface area contributed by atoms with Crippen LogP contribution in [0.3, 0.4) is 0 Å². The van der Waals surface area contributed by atoms with E-state index < -0.39 is 0 Å². The molecule has 1 saturated carbocycles. The molecule has 5 heteroatoms. The molecule has 0 aliphatic heterocycles. The molecule has 1 aromatic heterocycles. The average molecular weight is 264 g/mol. The van der Waals surface area contributed by atoms with Crippen molar-refractivity contribution in [2.24, 2.45) is 7.05 Å². The van der Waals surface area contributed by atoms with Crippen molar-refractivity contribution in [3.63, 3.8) is 0 Å². The van der Waals surface area contributed by atoms with Gasteiger partial charge in [0.1, 0.15) is 5.69 Å². The van der Waals surface area contributed by atoms with Crippen molar-refractivity contribution in [2.45, 2.75) is 44.6 Å². The van der Waals surface area contributed by atoms with Crippen molar-refractivity contribution in [2.75, 3.05) is 13.1 Å². The van der Waals surface area contributed by atoms with E-state index in [1.54, 1.807) is 16.9 Å². The molecule has 0 saturated heterocycles. The van der Waals surface area contributed by atoms with Crippen molar-refractivity contribution >= 4 is 5.91 Å². The Hall–Kier alpha value is -1.36. The molecule has 2 rings (SSSR count). The van der Waals surface area contributed by atoms with Gasteiger partial charge in [-0.15, -0.1) is 0 Å². The van der Waals surface area contributed by atoms with Crippen LogP contribution in [0.25, 0.3) is 0 Å². The summed E-state index contributed by atoms with van der Waals surface area (Å²) >= 11 is 0. The van der Waals surface area contributed by atoms with Crippen molar-refractivity contribution in [1.29, 1.82) is 0 Å². The van der Waals surface area contributed by atoms with E-state index >= 15 is 0 Å². The maximum atomic E-state index is 11.7. The lowest BCUT2D eigenvalue weighted by molar-refractivity contribution is 0.0948. The first-order chi connectivity index (χ1) is 9.25. The molecular weight excluding hydrogens is 240 g/mol. The average Bonchev–Trinajstić information content (AvgIpc) is 2.68. The lowest BCUT2D eigenvalue weighted by Gasteiger charge is -2.16. The molecule has 1 aliphatic carbocycles. The first kappa shape index (κ1) is 14.1. The van der Waals surface area contributed by atoms with Crippen LogP contribution in [0.5, 0.6) is 0 Å². The van der Waals surface area contributed by atoms with Gasteiger partial charge in [-0.2, -0.15) is 5.10 Å². The van der Waals surface area contributed by atoms with E-state index in [0.29, 0.717) is 18.3 Å². The van der Waals surface area contributed by atoms with Gasteiger partial charge in [0.2, 0.25) is 0 Å². The van der Waals surface area contributed by atoms with Crippen LogP contribution in [0.1, 0.15) is 49.0 Å². The van der Waals surface area contributed by atoms with E-state index in [2.05, 4.69) is 15.7 Å². The highest BCUT2D eigenvalue weighted by atomic mass is 16.1. The lowest BCUT2D eigenvalue weighted by atomic mass is 10.1. The zero-order chi connectivity index (χ0) is 13.5. The summed E-state index contributed by atoms with van der Waals surface area (Å²) in [6, 6.07) is 2.36.